The second-order valence-corrected chi connectivity index (χ2v) is 7.71. The highest BCUT2D eigenvalue weighted by Gasteiger charge is 2.47. The number of fused-ring (bicyclic) bond motifs is 1. The van der Waals surface area contributed by atoms with E-state index in [0.717, 1.165) is 22.5 Å². The lowest BCUT2D eigenvalue weighted by Gasteiger charge is -2.21. The first-order valence-corrected chi connectivity index (χ1v) is 9.59. The number of rotatable bonds is 6. The van der Waals surface area contributed by atoms with Crippen LogP contribution in [0, 0.1) is 6.92 Å². The number of amides is 3. The van der Waals surface area contributed by atoms with E-state index in [1.165, 1.54) is 4.90 Å². The maximum atomic E-state index is 13.0. The average molecular weight is 392 g/mol. The fourth-order valence-electron chi connectivity index (χ4n) is 3.64. The van der Waals surface area contributed by atoms with Crippen LogP contribution in [0.2, 0.25) is 0 Å². The Morgan fingerprint density at radius 1 is 1.10 bits per heavy atom. The van der Waals surface area contributed by atoms with E-state index < -0.39 is 5.54 Å². The maximum Gasteiger partial charge on any atom is 0.325 e. The molecule has 7 nitrogen and oxygen atoms in total. The lowest BCUT2D eigenvalue weighted by molar-refractivity contribution is -0.131. The molecule has 1 aliphatic heterocycles. The van der Waals surface area contributed by atoms with Gasteiger partial charge in [0, 0.05) is 12.4 Å². The minimum atomic E-state index is -0.924. The van der Waals surface area contributed by atoms with Crippen LogP contribution in [0.25, 0.3) is 5.65 Å². The van der Waals surface area contributed by atoms with E-state index in [2.05, 4.69) is 10.3 Å². The van der Waals surface area contributed by atoms with Crippen LogP contribution in [-0.2, 0) is 17.8 Å². The fraction of sp³-hybridized carbons (Fsp3) is 0.318. The Balaban J connectivity index is 1.46. The normalized spacial score (nSPS) is 19.1. The van der Waals surface area contributed by atoms with E-state index in [4.69, 9.17) is 4.74 Å². The molecule has 1 fully saturated rings. The van der Waals surface area contributed by atoms with E-state index in [0.29, 0.717) is 18.5 Å². The third-order valence-corrected chi connectivity index (χ3v) is 5.39. The molecule has 0 bridgehead atoms. The van der Waals surface area contributed by atoms with Crippen molar-refractivity contribution < 1.29 is 14.3 Å². The number of hydrogen-bond donors (Lipinski definition) is 1. The Labute approximate surface area is 169 Å². The number of benzene rings is 1. The minimum absolute atomic E-state index is 0.156. The number of nitrogens with zero attached hydrogens (tertiary/aromatic N) is 3. The SMILES string of the molecule is COc1ccc(CC[C@]2(C)NC(=O)N(Cc3cn4cc(C)ccc4n3)C2=O)cc1. The number of nitrogens with one attached hydrogen (secondary N) is 1. The van der Waals surface area contributed by atoms with Crippen molar-refractivity contribution in [2.45, 2.75) is 38.8 Å². The van der Waals surface area contributed by atoms with Crippen molar-refractivity contribution >= 4 is 17.6 Å². The number of methoxy groups -OCH3 is 1. The molecule has 3 aromatic rings. The number of aromatic nitrogens is 2. The number of ether oxygens (including phenoxy) is 1. The van der Waals surface area contributed by atoms with Gasteiger partial charge in [-0.05, 0) is 56.0 Å². The summed E-state index contributed by atoms with van der Waals surface area (Å²) in [6, 6.07) is 11.3. The molecule has 7 heteroatoms. The third-order valence-electron chi connectivity index (χ3n) is 5.39. The zero-order valence-corrected chi connectivity index (χ0v) is 16.8. The van der Waals surface area contributed by atoms with Crippen molar-refractivity contribution in [3.05, 3.63) is 65.6 Å². The van der Waals surface area contributed by atoms with Crippen LogP contribution >= 0.6 is 0 Å². The Morgan fingerprint density at radius 3 is 2.59 bits per heavy atom. The number of carbonyl (C=O) groups is 2. The molecule has 1 N–H and O–H groups in total. The molecule has 0 aliphatic carbocycles. The van der Waals surface area contributed by atoms with Crippen LogP contribution < -0.4 is 10.1 Å². The molecule has 3 heterocycles. The quantitative estimate of drug-likeness (QED) is 0.654. The van der Waals surface area contributed by atoms with E-state index in [1.54, 1.807) is 14.0 Å². The van der Waals surface area contributed by atoms with Gasteiger partial charge in [-0.2, -0.15) is 0 Å². The maximum absolute atomic E-state index is 13.0. The Hall–Kier alpha value is -3.35. The standard InChI is InChI=1S/C22H24N4O3/c1-15-4-9-19-23-17(13-25(19)12-15)14-26-20(27)22(2,24-21(26)28)11-10-16-5-7-18(29-3)8-6-16/h4-9,12-13H,10-11,14H2,1-3H3,(H,24,28)/t22-/m0/s1. The van der Waals surface area contributed by atoms with Gasteiger partial charge in [-0.3, -0.25) is 9.69 Å². The monoisotopic (exact) mass is 392 g/mol. The molecule has 1 atom stereocenters. The Kier molecular flexibility index (Phi) is 4.74. The summed E-state index contributed by atoms with van der Waals surface area (Å²) in [4.78, 5) is 31.3. The highest BCUT2D eigenvalue weighted by atomic mass is 16.5. The third kappa shape index (κ3) is 3.68. The van der Waals surface area contributed by atoms with Crippen LogP contribution in [0.4, 0.5) is 4.79 Å². The van der Waals surface area contributed by atoms with Gasteiger partial charge in [0.1, 0.15) is 16.9 Å². The molecular weight excluding hydrogens is 368 g/mol. The van der Waals surface area contributed by atoms with E-state index in [-0.39, 0.29) is 18.5 Å². The number of urea groups is 1. The number of imidazole rings is 1. The molecule has 3 amide bonds. The smallest absolute Gasteiger partial charge is 0.325 e. The first kappa shape index (κ1) is 19.0. The molecule has 0 radical (unpaired) electrons. The molecular formula is C22H24N4O3. The average Bonchev–Trinajstić information content (AvgIpc) is 3.20. The van der Waals surface area contributed by atoms with Crippen molar-refractivity contribution in [1.29, 1.82) is 0 Å². The largest absolute Gasteiger partial charge is 0.497 e. The zero-order valence-electron chi connectivity index (χ0n) is 16.8. The predicted octanol–water partition coefficient (Wildman–Crippen LogP) is 3.09. The van der Waals surface area contributed by atoms with E-state index in [9.17, 15) is 9.59 Å². The fourth-order valence-corrected chi connectivity index (χ4v) is 3.64. The van der Waals surface area contributed by atoms with Gasteiger partial charge in [0.05, 0.1) is 19.3 Å². The lowest BCUT2D eigenvalue weighted by Crippen LogP contribution is -2.44. The van der Waals surface area contributed by atoms with Gasteiger partial charge in [-0.25, -0.2) is 9.78 Å². The highest BCUT2D eigenvalue weighted by Crippen LogP contribution is 2.25. The summed E-state index contributed by atoms with van der Waals surface area (Å²) in [6.07, 6.45) is 5.02. The van der Waals surface area contributed by atoms with Crippen molar-refractivity contribution in [3.63, 3.8) is 0 Å². The van der Waals surface area contributed by atoms with Gasteiger partial charge in [-0.1, -0.05) is 18.2 Å². The molecule has 29 heavy (non-hydrogen) atoms. The van der Waals surface area contributed by atoms with Crippen LogP contribution in [0.5, 0.6) is 5.75 Å². The summed E-state index contributed by atoms with van der Waals surface area (Å²) in [5, 5.41) is 2.86. The molecule has 1 saturated heterocycles. The summed E-state index contributed by atoms with van der Waals surface area (Å²) < 4.78 is 7.08. The first-order valence-electron chi connectivity index (χ1n) is 9.59. The van der Waals surface area contributed by atoms with Gasteiger partial charge in [0.15, 0.2) is 0 Å². The summed E-state index contributed by atoms with van der Waals surface area (Å²) >= 11 is 0. The molecule has 1 aliphatic rings. The summed E-state index contributed by atoms with van der Waals surface area (Å²) in [5.74, 6) is 0.572. The number of pyridine rings is 1. The van der Waals surface area contributed by atoms with E-state index >= 15 is 0 Å². The summed E-state index contributed by atoms with van der Waals surface area (Å²) in [7, 11) is 1.63. The van der Waals surface area contributed by atoms with Gasteiger partial charge < -0.3 is 14.5 Å². The van der Waals surface area contributed by atoms with Gasteiger partial charge >= 0.3 is 6.03 Å². The predicted molar refractivity (Wildman–Crippen MR) is 109 cm³/mol. The molecule has 0 unspecified atom stereocenters. The molecule has 4 rings (SSSR count). The second-order valence-electron chi connectivity index (χ2n) is 7.71. The number of imide groups is 1. The van der Waals surface area contributed by atoms with Crippen LogP contribution in [0.3, 0.4) is 0 Å². The summed E-state index contributed by atoms with van der Waals surface area (Å²) in [6.45, 7) is 3.94. The lowest BCUT2D eigenvalue weighted by atomic mass is 9.93. The first-order chi connectivity index (χ1) is 13.9. The summed E-state index contributed by atoms with van der Waals surface area (Å²) in [5.41, 5.74) is 2.75. The highest BCUT2D eigenvalue weighted by molar-refractivity contribution is 6.06. The van der Waals surface area contributed by atoms with Gasteiger partial charge in [-0.15, -0.1) is 0 Å². The van der Waals surface area contributed by atoms with E-state index in [1.807, 2.05) is 60.1 Å². The second kappa shape index (κ2) is 7.24. The Morgan fingerprint density at radius 2 is 1.86 bits per heavy atom. The van der Waals surface area contributed by atoms with Crippen molar-refractivity contribution in [3.8, 4) is 5.75 Å². The van der Waals surface area contributed by atoms with Gasteiger partial charge in [0.25, 0.3) is 5.91 Å². The topological polar surface area (TPSA) is 75.9 Å². The number of aryl methyl sites for hydroxylation is 2. The van der Waals surface area contributed by atoms with Gasteiger partial charge in [0.2, 0.25) is 0 Å². The molecule has 1 aromatic carbocycles. The van der Waals surface area contributed by atoms with Crippen LogP contribution in [-0.4, -0.2) is 38.9 Å². The van der Waals surface area contributed by atoms with Crippen molar-refractivity contribution in [1.82, 2.24) is 19.6 Å². The van der Waals surface area contributed by atoms with Crippen LogP contribution in [0.1, 0.15) is 30.2 Å². The number of carbonyl (C=O) groups excluding carboxylic acids is 2. The Bertz CT molecular complexity index is 1070. The molecule has 150 valence electrons. The van der Waals surface area contributed by atoms with Crippen molar-refractivity contribution in [2.75, 3.05) is 7.11 Å². The molecule has 0 spiro atoms. The molecule has 2 aromatic heterocycles. The number of hydrogen-bond acceptors (Lipinski definition) is 4. The zero-order chi connectivity index (χ0) is 20.6. The minimum Gasteiger partial charge on any atom is -0.497 e. The van der Waals surface area contributed by atoms with Crippen LogP contribution in [0.15, 0.2) is 48.8 Å². The molecule has 0 saturated carbocycles. The van der Waals surface area contributed by atoms with Crippen molar-refractivity contribution in [2.24, 2.45) is 0 Å².